The van der Waals surface area contributed by atoms with E-state index in [9.17, 15) is 17.1 Å². The smallest absolute Gasteiger partial charge is 0.333 e. The Labute approximate surface area is 232 Å². The summed E-state index contributed by atoms with van der Waals surface area (Å²) in [5.74, 6) is 2.94. The summed E-state index contributed by atoms with van der Waals surface area (Å²) in [4.78, 5) is 21.3. The van der Waals surface area contributed by atoms with Gasteiger partial charge < -0.3 is 9.55 Å². The predicted molar refractivity (Wildman–Crippen MR) is 158 cm³/mol. The summed E-state index contributed by atoms with van der Waals surface area (Å²) in [6, 6.07) is 11.1. The number of halogens is 1. The molecule has 0 bridgehead atoms. The third-order valence-corrected chi connectivity index (χ3v) is 8.80. The average molecular weight is 556 g/mol. The fourth-order valence-electron chi connectivity index (χ4n) is 6.25. The van der Waals surface area contributed by atoms with Gasteiger partial charge >= 0.3 is 10.2 Å². The number of aromatic amines is 1. The van der Waals surface area contributed by atoms with Crippen LogP contribution in [0.25, 0.3) is 44.0 Å². The Morgan fingerprint density at radius 1 is 1.10 bits per heavy atom. The maximum absolute atomic E-state index is 14.2. The van der Waals surface area contributed by atoms with Gasteiger partial charge in [-0.15, -0.1) is 10.3 Å². The fraction of sp³-hybridized carbons (Fsp3) is 0.312. The van der Waals surface area contributed by atoms with E-state index in [0.29, 0.717) is 22.8 Å². The van der Waals surface area contributed by atoms with Crippen molar-refractivity contribution >= 4 is 43.1 Å². The molecule has 0 atom stereocenters. The minimum Gasteiger partial charge on any atom is -0.340 e. The molecule has 0 unspecified atom stereocenters. The summed E-state index contributed by atoms with van der Waals surface area (Å²) in [6.07, 6.45) is 14.2. The van der Waals surface area contributed by atoms with Crippen molar-refractivity contribution in [1.82, 2.24) is 14.5 Å². The van der Waals surface area contributed by atoms with E-state index < -0.39 is 15.1 Å². The molecule has 0 spiro atoms. The topological polar surface area (TPSA) is 84.8 Å². The highest BCUT2D eigenvalue weighted by Gasteiger charge is 2.25. The number of nitrogens with zero attached hydrogens (tertiary/aromatic N) is 2. The summed E-state index contributed by atoms with van der Waals surface area (Å²) in [6.45, 7) is 4.17. The second-order valence-corrected chi connectivity index (χ2v) is 12.6. The molecule has 1 fully saturated rings. The fourth-order valence-corrected chi connectivity index (χ4v) is 6.70. The van der Waals surface area contributed by atoms with Gasteiger partial charge in [0.2, 0.25) is 0 Å². The molecule has 1 aliphatic rings. The van der Waals surface area contributed by atoms with Gasteiger partial charge in [0.15, 0.2) is 5.43 Å². The molecule has 1 saturated carbocycles. The van der Waals surface area contributed by atoms with Crippen molar-refractivity contribution in [3.8, 4) is 23.5 Å². The summed E-state index contributed by atoms with van der Waals surface area (Å²) < 4.78 is 39.6. The standard InChI is InChI=1S/C32H30FN3O3S/c1-4-20-10-11-25-28(13-20)35-32-30(25)31(37)27-15-21(12-19(2)3)26(22-14-24(18-34-17-22)40(33,38)39)16-29(27)36(32)23-8-6-5-7-9-23/h1,10-11,13-19,23,35H,5-9,12H2,2-3H3. The molecule has 1 aliphatic carbocycles. The number of hydrogen-bond donors (Lipinski definition) is 1. The number of benzene rings is 2. The molecular formula is C32H30FN3O3S. The first-order valence-electron chi connectivity index (χ1n) is 13.7. The molecular weight excluding hydrogens is 525 g/mol. The molecule has 0 radical (unpaired) electrons. The average Bonchev–Trinajstić information content (AvgIpc) is 3.31. The van der Waals surface area contributed by atoms with Crippen LogP contribution in [0.3, 0.4) is 0 Å². The molecule has 5 aromatic rings. The zero-order valence-corrected chi connectivity index (χ0v) is 23.3. The zero-order valence-electron chi connectivity index (χ0n) is 22.5. The van der Waals surface area contributed by atoms with Crippen LogP contribution in [0, 0.1) is 18.3 Å². The van der Waals surface area contributed by atoms with Gasteiger partial charge in [-0.2, -0.15) is 8.42 Å². The Bertz CT molecular complexity index is 2010. The van der Waals surface area contributed by atoms with E-state index in [1.54, 1.807) is 6.20 Å². The predicted octanol–water partition coefficient (Wildman–Crippen LogP) is 7.04. The SMILES string of the molecule is C#Cc1ccc2c(c1)[nH]c1c2c(=O)c2cc(CC(C)C)c(-c3cncc(S(=O)(=O)F)c3)cc2n1C1CCCCC1. The maximum Gasteiger partial charge on any atom is 0.333 e. The Hall–Kier alpha value is -3.96. The van der Waals surface area contributed by atoms with Crippen LogP contribution in [0.5, 0.6) is 0 Å². The molecule has 204 valence electrons. The Kier molecular flexibility index (Phi) is 6.50. The van der Waals surface area contributed by atoms with Crippen molar-refractivity contribution in [3.63, 3.8) is 0 Å². The van der Waals surface area contributed by atoms with E-state index >= 15 is 0 Å². The maximum atomic E-state index is 14.2. The molecule has 6 rings (SSSR count). The molecule has 3 heterocycles. The van der Waals surface area contributed by atoms with E-state index in [-0.39, 0.29) is 17.4 Å². The van der Waals surface area contributed by atoms with E-state index in [4.69, 9.17) is 6.42 Å². The van der Waals surface area contributed by atoms with Crippen molar-refractivity contribution < 1.29 is 12.3 Å². The van der Waals surface area contributed by atoms with Gasteiger partial charge in [0.25, 0.3) is 0 Å². The number of fused-ring (bicyclic) bond motifs is 4. The van der Waals surface area contributed by atoms with Crippen molar-refractivity contribution in [2.24, 2.45) is 5.92 Å². The third-order valence-electron chi connectivity index (χ3n) is 8.01. The molecule has 6 nitrogen and oxygen atoms in total. The quantitative estimate of drug-likeness (QED) is 0.186. The molecule has 8 heteroatoms. The number of H-pyrrole nitrogens is 1. The summed E-state index contributed by atoms with van der Waals surface area (Å²) in [5.41, 5.74) is 5.14. The summed E-state index contributed by atoms with van der Waals surface area (Å²) in [7, 11) is -4.93. The first-order valence-corrected chi connectivity index (χ1v) is 15.1. The number of nitrogens with one attached hydrogen (secondary N) is 1. The minimum atomic E-state index is -4.93. The molecule has 2 aromatic carbocycles. The monoisotopic (exact) mass is 555 g/mol. The highest BCUT2D eigenvalue weighted by molar-refractivity contribution is 7.86. The highest BCUT2D eigenvalue weighted by Crippen LogP contribution is 2.38. The van der Waals surface area contributed by atoms with Crippen molar-refractivity contribution in [1.29, 1.82) is 0 Å². The van der Waals surface area contributed by atoms with Crippen molar-refractivity contribution in [2.45, 2.75) is 63.3 Å². The van der Waals surface area contributed by atoms with Crippen LogP contribution in [0.2, 0.25) is 0 Å². The Morgan fingerprint density at radius 3 is 2.58 bits per heavy atom. The van der Waals surface area contributed by atoms with Crippen LogP contribution in [0.15, 0.2) is 58.5 Å². The van der Waals surface area contributed by atoms with Crippen LogP contribution in [-0.2, 0) is 16.6 Å². The Morgan fingerprint density at radius 2 is 1.88 bits per heavy atom. The van der Waals surface area contributed by atoms with E-state index in [2.05, 4.69) is 34.3 Å². The van der Waals surface area contributed by atoms with Crippen molar-refractivity contribution in [3.05, 3.63) is 70.1 Å². The zero-order chi connectivity index (χ0) is 28.2. The normalized spacial score (nSPS) is 14.9. The highest BCUT2D eigenvalue weighted by atomic mass is 32.3. The number of pyridine rings is 2. The Balaban J connectivity index is 1.75. The van der Waals surface area contributed by atoms with E-state index in [1.165, 1.54) is 12.5 Å². The molecule has 0 amide bonds. The number of rotatable bonds is 5. The summed E-state index contributed by atoms with van der Waals surface area (Å²) in [5, 5.41) is 2.10. The molecule has 1 N–H and O–H groups in total. The lowest BCUT2D eigenvalue weighted by Gasteiger charge is -2.28. The second kappa shape index (κ2) is 9.90. The molecule has 0 aliphatic heterocycles. The number of aromatic nitrogens is 3. The van der Waals surface area contributed by atoms with Gasteiger partial charge in [0.05, 0.1) is 10.9 Å². The van der Waals surface area contributed by atoms with Gasteiger partial charge in [-0.05, 0) is 66.6 Å². The largest absolute Gasteiger partial charge is 0.340 e. The number of terminal acetylenes is 1. The lowest BCUT2D eigenvalue weighted by molar-refractivity contribution is 0.365. The van der Waals surface area contributed by atoms with Gasteiger partial charge in [-0.1, -0.05) is 45.1 Å². The minimum absolute atomic E-state index is 0.0634. The second-order valence-electron chi connectivity index (χ2n) is 11.2. The number of hydrogen-bond acceptors (Lipinski definition) is 4. The molecule has 40 heavy (non-hydrogen) atoms. The molecule has 3 aromatic heterocycles. The van der Waals surface area contributed by atoms with Crippen LogP contribution < -0.4 is 5.43 Å². The van der Waals surface area contributed by atoms with Crippen LogP contribution >= 0.6 is 0 Å². The van der Waals surface area contributed by atoms with Gasteiger partial charge in [-0.3, -0.25) is 9.78 Å². The van der Waals surface area contributed by atoms with Crippen molar-refractivity contribution in [2.75, 3.05) is 0 Å². The lowest BCUT2D eigenvalue weighted by atomic mass is 9.90. The van der Waals surface area contributed by atoms with Crippen LogP contribution in [0.4, 0.5) is 3.89 Å². The molecule has 0 saturated heterocycles. The third kappa shape index (κ3) is 4.48. The van der Waals surface area contributed by atoms with E-state index in [1.807, 2.05) is 30.3 Å². The van der Waals surface area contributed by atoms with Gasteiger partial charge in [0.1, 0.15) is 10.5 Å². The first kappa shape index (κ1) is 26.3. The summed E-state index contributed by atoms with van der Waals surface area (Å²) >= 11 is 0. The van der Waals surface area contributed by atoms with E-state index in [0.717, 1.165) is 70.6 Å². The van der Waals surface area contributed by atoms with Crippen LogP contribution in [0.1, 0.15) is 63.1 Å². The first-order chi connectivity index (χ1) is 19.2. The lowest BCUT2D eigenvalue weighted by Crippen LogP contribution is -2.19. The van der Waals surface area contributed by atoms with Gasteiger partial charge in [0, 0.05) is 45.9 Å². The van der Waals surface area contributed by atoms with Gasteiger partial charge in [-0.25, -0.2) is 0 Å². The van der Waals surface area contributed by atoms with Crippen LogP contribution in [-0.4, -0.2) is 23.0 Å².